The lowest BCUT2D eigenvalue weighted by Crippen LogP contribution is -2.22. The average molecular weight is 275 g/mol. The van der Waals surface area contributed by atoms with Gasteiger partial charge in [-0.3, -0.25) is 4.79 Å². The van der Waals surface area contributed by atoms with Gasteiger partial charge in [0.05, 0.1) is 6.54 Å². The van der Waals surface area contributed by atoms with Crippen molar-refractivity contribution in [1.82, 2.24) is 0 Å². The van der Waals surface area contributed by atoms with Gasteiger partial charge in [0, 0.05) is 17.3 Å². The predicted octanol–water partition coefficient (Wildman–Crippen LogP) is 3.71. The van der Waals surface area contributed by atoms with Crippen LogP contribution in [0.1, 0.15) is 15.9 Å². The zero-order chi connectivity index (χ0) is 14.4. The topological polar surface area (TPSA) is 40.5 Å². The monoisotopic (exact) mass is 275 g/mol. The zero-order valence-corrected chi connectivity index (χ0v) is 11.3. The highest BCUT2D eigenvalue weighted by Gasteiger charge is 2.28. The van der Waals surface area contributed by atoms with Gasteiger partial charge in [0.2, 0.25) is 0 Å². The van der Waals surface area contributed by atoms with Crippen LogP contribution in [0.5, 0.6) is 5.75 Å². The molecule has 102 valence electrons. The maximum Gasteiger partial charge on any atom is 0.258 e. The highest BCUT2D eigenvalue weighted by molar-refractivity contribution is 6.12. The minimum absolute atomic E-state index is 0.0126. The number of carbonyl (C=O) groups excluding carboxylic acids is 1. The van der Waals surface area contributed by atoms with Gasteiger partial charge < -0.3 is 10.0 Å². The van der Waals surface area contributed by atoms with Gasteiger partial charge in [-0.2, -0.15) is 0 Å². The summed E-state index contributed by atoms with van der Waals surface area (Å²) in [6, 6.07) is 18.9. The summed E-state index contributed by atoms with van der Waals surface area (Å²) in [6.07, 6.45) is 0. The summed E-state index contributed by atoms with van der Waals surface area (Å²) in [5.41, 5.74) is 2.50. The third kappa shape index (κ3) is 1.86. The van der Waals surface area contributed by atoms with E-state index < -0.39 is 0 Å². The van der Waals surface area contributed by atoms with Crippen LogP contribution in [0.25, 0.3) is 10.8 Å². The maximum absolute atomic E-state index is 12.6. The first kappa shape index (κ1) is 12.0. The first-order valence-electron chi connectivity index (χ1n) is 6.85. The van der Waals surface area contributed by atoms with E-state index in [0.717, 1.165) is 27.6 Å². The van der Waals surface area contributed by atoms with Gasteiger partial charge in [-0.1, -0.05) is 30.3 Å². The minimum Gasteiger partial charge on any atom is -0.508 e. The molecule has 0 bridgehead atoms. The average Bonchev–Trinajstić information content (AvgIpc) is 2.82. The SMILES string of the molecule is O=C1c2cc3ccccc3cc2CN1c1cccc(O)c1. The molecule has 1 aliphatic rings. The van der Waals surface area contributed by atoms with E-state index in [9.17, 15) is 9.90 Å². The van der Waals surface area contributed by atoms with E-state index >= 15 is 0 Å². The summed E-state index contributed by atoms with van der Waals surface area (Å²) in [5.74, 6) is 0.155. The molecule has 21 heavy (non-hydrogen) atoms. The summed E-state index contributed by atoms with van der Waals surface area (Å²) < 4.78 is 0. The van der Waals surface area contributed by atoms with Gasteiger partial charge in [-0.15, -0.1) is 0 Å². The van der Waals surface area contributed by atoms with Crippen LogP contribution in [0.15, 0.2) is 60.7 Å². The van der Waals surface area contributed by atoms with Crippen molar-refractivity contribution < 1.29 is 9.90 Å². The Morgan fingerprint density at radius 2 is 1.67 bits per heavy atom. The van der Waals surface area contributed by atoms with Crippen molar-refractivity contribution in [2.24, 2.45) is 0 Å². The van der Waals surface area contributed by atoms with Crippen LogP contribution in [0.2, 0.25) is 0 Å². The number of hydrogen-bond donors (Lipinski definition) is 1. The van der Waals surface area contributed by atoms with Crippen molar-refractivity contribution in [3.05, 3.63) is 71.8 Å². The molecule has 1 aliphatic heterocycles. The molecular weight excluding hydrogens is 262 g/mol. The molecule has 0 fully saturated rings. The molecule has 0 saturated carbocycles. The highest BCUT2D eigenvalue weighted by atomic mass is 16.3. The van der Waals surface area contributed by atoms with Crippen LogP contribution in [-0.2, 0) is 6.54 Å². The number of benzene rings is 3. The lowest BCUT2D eigenvalue weighted by molar-refractivity contribution is 0.0996. The highest BCUT2D eigenvalue weighted by Crippen LogP contribution is 2.32. The van der Waals surface area contributed by atoms with Crippen LogP contribution in [0, 0.1) is 0 Å². The van der Waals surface area contributed by atoms with E-state index in [1.165, 1.54) is 0 Å². The van der Waals surface area contributed by atoms with Gasteiger partial charge >= 0.3 is 0 Å². The fourth-order valence-electron chi connectivity index (χ4n) is 2.87. The number of aromatic hydroxyl groups is 1. The molecule has 1 heterocycles. The van der Waals surface area contributed by atoms with Crippen LogP contribution >= 0.6 is 0 Å². The quantitative estimate of drug-likeness (QED) is 0.735. The summed E-state index contributed by atoms with van der Waals surface area (Å²) >= 11 is 0. The van der Waals surface area contributed by atoms with E-state index in [1.807, 2.05) is 30.3 Å². The van der Waals surface area contributed by atoms with Gasteiger partial charge in [0.25, 0.3) is 5.91 Å². The summed E-state index contributed by atoms with van der Waals surface area (Å²) in [6.45, 7) is 0.544. The molecule has 3 heteroatoms. The first-order chi connectivity index (χ1) is 10.2. The van der Waals surface area contributed by atoms with Crippen LogP contribution in [-0.4, -0.2) is 11.0 Å². The predicted molar refractivity (Wildman–Crippen MR) is 82.6 cm³/mol. The normalized spacial score (nSPS) is 13.7. The number of rotatable bonds is 1. The Morgan fingerprint density at radius 1 is 0.905 bits per heavy atom. The second-order valence-electron chi connectivity index (χ2n) is 5.27. The van der Waals surface area contributed by atoms with Gasteiger partial charge in [0.15, 0.2) is 0 Å². The van der Waals surface area contributed by atoms with Crippen molar-refractivity contribution in [2.75, 3.05) is 4.90 Å². The van der Waals surface area contributed by atoms with E-state index in [0.29, 0.717) is 6.54 Å². The Morgan fingerprint density at radius 3 is 2.43 bits per heavy atom. The van der Waals surface area contributed by atoms with Crippen LogP contribution in [0.4, 0.5) is 5.69 Å². The molecule has 0 spiro atoms. The Labute approximate surface area is 122 Å². The number of fused-ring (bicyclic) bond motifs is 2. The number of phenolic OH excluding ortho intramolecular Hbond substituents is 1. The van der Waals surface area contributed by atoms with Gasteiger partial charge in [-0.05, 0) is 40.6 Å². The Kier molecular flexibility index (Phi) is 2.48. The van der Waals surface area contributed by atoms with Crippen molar-refractivity contribution in [3.8, 4) is 5.75 Å². The lowest BCUT2D eigenvalue weighted by Gasteiger charge is -2.15. The second-order valence-corrected chi connectivity index (χ2v) is 5.27. The largest absolute Gasteiger partial charge is 0.508 e. The summed E-state index contributed by atoms with van der Waals surface area (Å²) in [5, 5.41) is 11.8. The van der Waals surface area contributed by atoms with E-state index in [2.05, 4.69) is 12.1 Å². The molecule has 4 rings (SSSR count). The molecule has 0 radical (unpaired) electrons. The zero-order valence-electron chi connectivity index (χ0n) is 11.3. The summed E-state index contributed by atoms with van der Waals surface area (Å²) in [4.78, 5) is 14.3. The maximum atomic E-state index is 12.6. The van der Waals surface area contributed by atoms with Crippen molar-refractivity contribution in [2.45, 2.75) is 6.54 Å². The standard InChI is InChI=1S/C18H13NO2/c20-16-7-3-6-15(10-16)19-11-14-8-12-4-1-2-5-13(12)9-17(14)18(19)21/h1-10,20H,11H2. The van der Waals surface area contributed by atoms with Crippen molar-refractivity contribution in [3.63, 3.8) is 0 Å². The number of nitrogens with zero attached hydrogens (tertiary/aromatic N) is 1. The molecule has 3 nitrogen and oxygen atoms in total. The Balaban J connectivity index is 1.82. The molecule has 1 N–H and O–H groups in total. The smallest absolute Gasteiger partial charge is 0.258 e. The number of phenols is 1. The molecule has 3 aromatic carbocycles. The Bertz CT molecular complexity index is 870. The van der Waals surface area contributed by atoms with E-state index in [-0.39, 0.29) is 11.7 Å². The molecule has 0 aliphatic carbocycles. The Hall–Kier alpha value is -2.81. The number of anilines is 1. The molecule has 1 amide bonds. The van der Waals surface area contributed by atoms with Crippen LogP contribution in [0.3, 0.4) is 0 Å². The summed E-state index contributed by atoms with van der Waals surface area (Å²) in [7, 11) is 0. The molecule has 0 unspecified atom stereocenters. The fraction of sp³-hybridized carbons (Fsp3) is 0.0556. The first-order valence-corrected chi connectivity index (χ1v) is 6.85. The lowest BCUT2D eigenvalue weighted by atomic mass is 10.0. The number of amides is 1. The number of carbonyl (C=O) groups is 1. The second kappa shape index (κ2) is 4.35. The molecule has 0 atom stereocenters. The minimum atomic E-state index is -0.0126. The molecule has 3 aromatic rings. The molecule has 0 saturated heterocycles. The fourth-order valence-corrected chi connectivity index (χ4v) is 2.87. The third-order valence-corrected chi connectivity index (χ3v) is 3.92. The van der Waals surface area contributed by atoms with E-state index in [4.69, 9.17) is 0 Å². The third-order valence-electron chi connectivity index (χ3n) is 3.92. The van der Waals surface area contributed by atoms with Gasteiger partial charge in [-0.25, -0.2) is 0 Å². The van der Waals surface area contributed by atoms with Crippen LogP contribution < -0.4 is 4.90 Å². The van der Waals surface area contributed by atoms with Crippen molar-refractivity contribution in [1.29, 1.82) is 0 Å². The molecule has 0 aromatic heterocycles. The molecular formula is C18H13NO2. The number of hydrogen-bond acceptors (Lipinski definition) is 2. The van der Waals surface area contributed by atoms with E-state index in [1.54, 1.807) is 23.1 Å². The van der Waals surface area contributed by atoms with Crippen molar-refractivity contribution >= 4 is 22.4 Å². The van der Waals surface area contributed by atoms with Gasteiger partial charge in [0.1, 0.15) is 5.75 Å².